The molecule has 1 radical (unpaired) electrons. The van der Waals surface area contributed by atoms with Crippen LogP contribution in [0.15, 0.2) is 42.5 Å². The lowest BCUT2D eigenvalue weighted by Crippen LogP contribution is -2.54. The molecule has 3 rings (SSSR count). The fourth-order valence-electron chi connectivity index (χ4n) is 3.04. The number of ether oxygens (including phenoxy) is 2. The van der Waals surface area contributed by atoms with E-state index in [-0.39, 0.29) is 17.2 Å². The molecule has 2 aromatic rings. The van der Waals surface area contributed by atoms with Crippen molar-refractivity contribution in [2.75, 3.05) is 19.9 Å². The van der Waals surface area contributed by atoms with Crippen molar-refractivity contribution in [3.63, 3.8) is 0 Å². The van der Waals surface area contributed by atoms with E-state index in [9.17, 15) is 4.79 Å². The van der Waals surface area contributed by atoms with Crippen LogP contribution in [-0.2, 0) is 0 Å². The van der Waals surface area contributed by atoms with Gasteiger partial charge in [-0.15, -0.1) is 0 Å². The third-order valence-electron chi connectivity index (χ3n) is 4.52. The molecule has 0 atom stereocenters. The third kappa shape index (κ3) is 2.59. The Morgan fingerprint density at radius 1 is 1.04 bits per heavy atom. The highest BCUT2D eigenvalue weighted by atomic mass is 16.7. The van der Waals surface area contributed by atoms with Crippen LogP contribution in [0.5, 0.6) is 11.5 Å². The summed E-state index contributed by atoms with van der Waals surface area (Å²) < 4.78 is 11.1. The molecule has 0 unspecified atom stereocenters. The first-order valence-corrected chi connectivity index (χ1v) is 7.85. The molecule has 0 aliphatic carbocycles. The fourth-order valence-corrected chi connectivity index (χ4v) is 3.04. The Morgan fingerprint density at radius 3 is 2.35 bits per heavy atom. The van der Waals surface area contributed by atoms with E-state index in [1.807, 2.05) is 56.3 Å². The zero-order valence-corrected chi connectivity index (χ0v) is 13.5. The van der Waals surface area contributed by atoms with Gasteiger partial charge in [0.15, 0.2) is 11.5 Å². The summed E-state index contributed by atoms with van der Waals surface area (Å²) in [7, 11) is 0. The number of hydrogen-bond acceptors (Lipinski definition) is 3. The van der Waals surface area contributed by atoms with Crippen LogP contribution in [0.3, 0.4) is 0 Å². The van der Waals surface area contributed by atoms with Crippen LogP contribution < -0.4 is 14.0 Å². The maximum atomic E-state index is 13.2. The monoisotopic (exact) mass is 311 g/mol. The summed E-state index contributed by atoms with van der Waals surface area (Å²) in [4.78, 5) is 13.2. The van der Waals surface area contributed by atoms with Crippen molar-refractivity contribution in [2.24, 2.45) is 0 Å². The van der Waals surface area contributed by atoms with Gasteiger partial charge in [-0.1, -0.05) is 12.1 Å². The van der Waals surface area contributed by atoms with Crippen LogP contribution in [0, 0.1) is 6.92 Å². The highest BCUT2D eigenvalue weighted by Crippen LogP contribution is 2.38. The molecule has 1 aliphatic rings. The Labute approximate surface area is 136 Å². The van der Waals surface area contributed by atoms with Crippen molar-refractivity contribution in [3.8, 4) is 11.5 Å². The summed E-state index contributed by atoms with van der Waals surface area (Å²) in [5.41, 5.74) is 2.51. The van der Waals surface area contributed by atoms with Gasteiger partial charge in [-0.2, -0.15) is 0 Å². The van der Waals surface area contributed by atoms with Crippen molar-refractivity contribution < 1.29 is 14.3 Å². The smallest absolute Gasteiger partial charge is 0.350 e. The number of hydrogen-bond donors (Lipinski definition) is 0. The van der Waals surface area contributed by atoms with E-state index in [1.165, 1.54) is 0 Å². The number of fused-ring (bicyclic) bond motifs is 1. The van der Waals surface area contributed by atoms with Crippen molar-refractivity contribution in [1.82, 2.24) is 4.48 Å². The molecule has 0 spiro atoms. The minimum absolute atomic E-state index is 0.0777. The first-order chi connectivity index (χ1) is 11.1. The van der Waals surface area contributed by atoms with E-state index in [0.29, 0.717) is 24.4 Å². The molecule has 2 aromatic carbocycles. The minimum atomic E-state index is 0.0777. The van der Waals surface area contributed by atoms with E-state index in [0.717, 1.165) is 17.0 Å². The number of carbonyl (C=O) groups excluding carboxylic acids is 1. The lowest BCUT2D eigenvalue weighted by molar-refractivity contribution is 0.0779. The van der Waals surface area contributed by atoms with Crippen LogP contribution in [0.25, 0.3) is 0 Å². The van der Waals surface area contributed by atoms with E-state index < -0.39 is 0 Å². The topological polar surface area (TPSA) is 35.5 Å². The molecule has 4 nitrogen and oxygen atoms in total. The number of benzene rings is 2. The first-order valence-electron chi connectivity index (χ1n) is 7.85. The molecule has 0 fully saturated rings. The standard InChI is InChI=1S/C19H21NO3/c1-4-20(5-2,19(21)15-8-6-14(3)7-9-15)16-10-11-17-18(12-16)23-13-22-17/h6-12H,3-5,13H2,1-2H3/q+1. The summed E-state index contributed by atoms with van der Waals surface area (Å²) in [6.45, 7) is 9.50. The van der Waals surface area contributed by atoms with E-state index in [1.54, 1.807) is 0 Å². The zero-order valence-electron chi connectivity index (χ0n) is 13.5. The second-order valence-electron chi connectivity index (χ2n) is 5.64. The summed E-state index contributed by atoms with van der Waals surface area (Å²) in [6.07, 6.45) is 0. The van der Waals surface area contributed by atoms with Gasteiger partial charge < -0.3 is 9.47 Å². The lowest BCUT2D eigenvalue weighted by atomic mass is 10.1. The number of rotatable bonds is 4. The molecule has 0 aromatic heterocycles. The second-order valence-corrected chi connectivity index (χ2v) is 5.64. The largest absolute Gasteiger partial charge is 0.454 e. The molecule has 1 amide bonds. The summed E-state index contributed by atoms with van der Waals surface area (Å²) in [5.74, 6) is 1.51. The number of quaternary nitrogens is 1. The first kappa shape index (κ1) is 15.6. The van der Waals surface area contributed by atoms with Gasteiger partial charge in [0.2, 0.25) is 6.79 Å². The highest BCUT2D eigenvalue weighted by molar-refractivity contribution is 6.02. The molecule has 119 valence electrons. The SMILES string of the molecule is [CH2]c1ccc(C(=O)[N+](CC)(CC)c2ccc3c(c2)OCO3)cc1. The Balaban J connectivity index is 2.05. The Morgan fingerprint density at radius 2 is 1.70 bits per heavy atom. The summed E-state index contributed by atoms with van der Waals surface area (Å²) >= 11 is 0. The molecule has 0 N–H and O–H groups in total. The molecule has 0 bridgehead atoms. The molecule has 1 aliphatic heterocycles. The molecule has 0 saturated heterocycles. The van der Waals surface area contributed by atoms with Crippen molar-refractivity contribution in [3.05, 3.63) is 60.5 Å². The number of nitrogens with zero attached hydrogens (tertiary/aromatic N) is 1. The van der Waals surface area contributed by atoms with Gasteiger partial charge in [-0.25, -0.2) is 9.28 Å². The summed E-state index contributed by atoms with van der Waals surface area (Å²) in [5, 5.41) is 0. The van der Waals surface area contributed by atoms with Crippen molar-refractivity contribution >= 4 is 11.6 Å². The van der Waals surface area contributed by atoms with Gasteiger partial charge in [0.25, 0.3) is 0 Å². The molecule has 4 heteroatoms. The second kappa shape index (κ2) is 6.05. The zero-order chi connectivity index (χ0) is 16.4. The van der Waals surface area contributed by atoms with E-state index in [4.69, 9.17) is 9.47 Å². The quantitative estimate of drug-likeness (QED) is 0.806. The van der Waals surface area contributed by atoms with Gasteiger partial charge in [-0.3, -0.25) is 0 Å². The fraction of sp³-hybridized carbons (Fsp3) is 0.263. The number of amides is 1. The maximum absolute atomic E-state index is 13.2. The Kier molecular flexibility index (Phi) is 4.09. The number of carbonyl (C=O) groups is 1. The van der Waals surface area contributed by atoms with Crippen LogP contribution >= 0.6 is 0 Å². The van der Waals surface area contributed by atoms with Gasteiger partial charge in [0.05, 0.1) is 18.7 Å². The van der Waals surface area contributed by atoms with Crippen LogP contribution in [0.1, 0.15) is 29.8 Å². The Bertz CT molecular complexity index is 718. The van der Waals surface area contributed by atoms with E-state index in [2.05, 4.69) is 6.92 Å². The molecule has 23 heavy (non-hydrogen) atoms. The highest BCUT2D eigenvalue weighted by Gasteiger charge is 2.38. The average Bonchev–Trinajstić information content (AvgIpc) is 3.05. The van der Waals surface area contributed by atoms with E-state index >= 15 is 0 Å². The minimum Gasteiger partial charge on any atom is -0.454 e. The molecule has 1 heterocycles. The van der Waals surface area contributed by atoms with Gasteiger partial charge in [-0.05, 0) is 44.5 Å². The normalized spacial score (nSPS) is 13.2. The van der Waals surface area contributed by atoms with Crippen molar-refractivity contribution in [1.29, 1.82) is 0 Å². The average molecular weight is 311 g/mol. The van der Waals surface area contributed by atoms with Gasteiger partial charge >= 0.3 is 5.91 Å². The predicted octanol–water partition coefficient (Wildman–Crippen LogP) is 3.78. The van der Waals surface area contributed by atoms with Crippen LogP contribution in [0.4, 0.5) is 5.69 Å². The third-order valence-corrected chi connectivity index (χ3v) is 4.52. The molecular weight excluding hydrogens is 290 g/mol. The van der Waals surface area contributed by atoms with Crippen molar-refractivity contribution in [2.45, 2.75) is 13.8 Å². The maximum Gasteiger partial charge on any atom is 0.350 e. The molecule has 0 saturated carbocycles. The van der Waals surface area contributed by atoms with Crippen LogP contribution in [-0.4, -0.2) is 25.8 Å². The molecular formula is C19H21NO3+. The lowest BCUT2D eigenvalue weighted by Gasteiger charge is -2.33. The predicted molar refractivity (Wildman–Crippen MR) is 90.7 cm³/mol. The summed E-state index contributed by atoms with van der Waals surface area (Å²) in [6, 6.07) is 13.2. The van der Waals surface area contributed by atoms with Crippen LogP contribution in [0.2, 0.25) is 0 Å². The van der Waals surface area contributed by atoms with Gasteiger partial charge in [0, 0.05) is 12.1 Å². The Hall–Kier alpha value is -2.33. The van der Waals surface area contributed by atoms with Gasteiger partial charge in [0.1, 0.15) is 5.69 Å².